The van der Waals surface area contributed by atoms with Crippen LogP contribution in [0.1, 0.15) is 19.3 Å². The molecule has 0 bridgehead atoms. The van der Waals surface area contributed by atoms with E-state index >= 15 is 0 Å². The summed E-state index contributed by atoms with van der Waals surface area (Å²) in [6, 6.07) is 0. The molecule has 0 aromatic heterocycles. The van der Waals surface area contributed by atoms with Crippen LogP contribution in [0.4, 0.5) is 13.2 Å². The van der Waals surface area contributed by atoms with Crippen LogP contribution < -0.4 is 5.32 Å². The Balaban J connectivity index is 1.59. The van der Waals surface area contributed by atoms with Crippen LogP contribution in [0.2, 0.25) is 0 Å². The van der Waals surface area contributed by atoms with E-state index in [0.717, 1.165) is 4.90 Å². The third-order valence-corrected chi connectivity index (χ3v) is 4.33. The van der Waals surface area contributed by atoms with Crippen LogP contribution in [0.25, 0.3) is 0 Å². The lowest BCUT2D eigenvalue weighted by Gasteiger charge is -2.17. The van der Waals surface area contributed by atoms with Crippen LogP contribution in [0.3, 0.4) is 0 Å². The SMILES string of the molecule is O=C(N1CC[C@H](CC2=NC3(CCOC3)C(=O)N2)C1)C(F)(F)F. The van der Waals surface area contributed by atoms with E-state index < -0.39 is 17.6 Å². The Bertz CT molecular complexity index is 526. The van der Waals surface area contributed by atoms with Crippen molar-refractivity contribution in [1.29, 1.82) is 0 Å². The van der Waals surface area contributed by atoms with Gasteiger partial charge in [0.2, 0.25) is 0 Å². The Morgan fingerprint density at radius 2 is 2.27 bits per heavy atom. The molecule has 0 aliphatic carbocycles. The second-order valence-corrected chi connectivity index (χ2v) is 5.95. The number of hydrogen-bond acceptors (Lipinski definition) is 4. The fourth-order valence-corrected chi connectivity index (χ4v) is 3.14. The summed E-state index contributed by atoms with van der Waals surface area (Å²) in [6.45, 7) is 0.836. The van der Waals surface area contributed by atoms with Gasteiger partial charge in [-0.3, -0.25) is 14.6 Å². The van der Waals surface area contributed by atoms with E-state index in [4.69, 9.17) is 4.74 Å². The number of carbonyl (C=O) groups is 2. The molecule has 1 N–H and O–H groups in total. The predicted molar refractivity (Wildman–Crippen MR) is 69.1 cm³/mol. The predicted octanol–water partition coefficient (Wildman–Crippen LogP) is 0.475. The number of carbonyl (C=O) groups excluding carboxylic acids is 2. The van der Waals surface area contributed by atoms with Crippen molar-refractivity contribution in [2.75, 3.05) is 26.3 Å². The van der Waals surface area contributed by atoms with E-state index in [-0.39, 0.29) is 31.5 Å². The zero-order valence-electron chi connectivity index (χ0n) is 11.8. The lowest BCUT2D eigenvalue weighted by Crippen LogP contribution is -2.40. The van der Waals surface area contributed by atoms with Gasteiger partial charge in [0.05, 0.1) is 6.61 Å². The van der Waals surface area contributed by atoms with Crippen molar-refractivity contribution >= 4 is 17.6 Å². The topological polar surface area (TPSA) is 71.0 Å². The highest BCUT2D eigenvalue weighted by Gasteiger charge is 2.48. The molecule has 2 atom stereocenters. The molecule has 1 unspecified atom stereocenters. The highest BCUT2D eigenvalue weighted by atomic mass is 19.4. The highest BCUT2D eigenvalue weighted by molar-refractivity contribution is 6.08. The number of alkyl halides is 3. The fourth-order valence-electron chi connectivity index (χ4n) is 3.14. The van der Waals surface area contributed by atoms with Crippen molar-refractivity contribution in [3.8, 4) is 0 Å². The van der Waals surface area contributed by atoms with Crippen molar-refractivity contribution in [1.82, 2.24) is 10.2 Å². The monoisotopic (exact) mass is 319 g/mol. The molecule has 3 aliphatic rings. The summed E-state index contributed by atoms with van der Waals surface area (Å²) in [5, 5.41) is 2.69. The summed E-state index contributed by atoms with van der Waals surface area (Å²) in [6.07, 6.45) is -3.47. The van der Waals surface area contributed by atoms with Gasteiger partial charge in [-0.15, -0.1) is 0 Å². The molecule has 6 nitrogen and oxygen atoms in total. The number of nitrogens with zero attached hydrogens (tertiary/aromatic N) is 2. The van der Waals surface area contributed by atoms with E-state index in [1.54, 1.807) is 0 Å². The standard InChI is InChI=1S/C13H16F3N3O3/c14-13(15,16)11(21)19-3-1-8(6-19)5-9-17-10(20)12(18-9)2-4-22-7-12/h8H,1-7H2,(H,17,18,20)/t8-,12?/m1/s1. The summed E-state index contributed by atoms with van der Waals surface area (Å²) < 4.78 is 42.4. The number of amides is 2. The molecule has 0 saturated carbocycles. The van der Waals surface area contributed by atoms with Crippen molar-refractivity contribution in [3.63, 3.8) is 0 Å². The number of ether oxygens (including phenoxy) is 1. The molecule has 0 radical (unpaired) electrons. The first-order valence-corrected chi connectivity index (χ1v) is 7.14. The van der Waals surface area contributed by atoms with Crippen LogP contribution in [0.15, 0.2) is 4.99 Å². The first kappa shape index (κ1) is 15.3. The highest BCUT2D eigenvalue weighted by Crippen LogP contribution is 2.30. The molecule has 2 fully saturated rings. The third kappa shape index (κ3) is 2.69. The van der Waals surface area contributed by atoms with Crippen LogP contribution in [0, 0.1) is 5.92 Å². The second kappa shape index (κ2) is 5.22. The molecule has 3 aliphatic heterocycles. The smallest absolute Gasteiger partial charge is 0.378 e. The molecule has 3 heterocycles. The molecule has 1 spiro atoms. The minimum Gasteiger partial charge on any atom is -0.378 e. The van der Waals surface area contributed by atoms with Gasteiger partial charge in [0.15, 0.2) is 5.54 Å². The lowest BCUT2D eigenvalue weighted by atomic mass is 10.0. The molecule has 2 amide bonds. The Morgan fingerprint density at radius 3 is 2.91 bits per heavy atom. The maximum atomic E-state index is 12.4. The summed E-state index contributed by atoms with van der Waals surface area (Å²) in [5.41, 5.74) is -0.852. The average Bonchev–Trinajstić information content (AvgIpc) is 3.12. The summed E-state index contributed by atoms with van der Waals surface area (Å²) in [5.74, 6) is -1.64. The summed E-state index contributed by atoms with van der Waals surface area (Å²) in [7, 11) is 0. The van der Waals surface area contributed by atoms with Gasteiger partial charge in [-0.05, 0) is 12.3 Å². The number of aliphatic imine (C=N–C) groups is 1. The minimum absolute atomic E-state index is 0.0384. The van der Waals surface area contributed by atoms with E-state index in [9.17, 15) is 22.8 Å². The molecule has 9 heteroatoms. The molecule has 0 aromatic rings. The third-order valence-electron chi connectivity index (χ3n) is 4.33. The van der Waals surface area contributed by atoms with Crippen molar-refractivity contribution in [3.05, 3.63) is 0 Å². The van der Waals surface area contributed by atoms with Gasteiger partial charge in [0, 0.05) is 32.5 Å². The summed E-state index contributed by atoms with van der Waals surface area (Å²) >= 11 is 0. The minimum atomic E-state index is -4.83. The Morgan fingerprint density at radius 1 is 1.50 bits per heavy atom. The number of halogens is 3. The number of nitrogens with one attached hydrogen (secondary N) is 1. The molecule has 2 saturated heterocycles. The maximum Gasteiger partial charge on any atom is 0.471 e. The van der Waals surface area contributed by atoms with Gasteiger partial charge in [-0.25, -0.2) is 0 Å². The Hall–Kier alpha value is -1.64. The van der Waals surface area contributed by atoms with E-state index in [2.05, 4.69) is 10.3 Å². The normalized spacial score (nSPS) is 31.8. The zero-order valence-corrected chi connectivity index (χ0v) is 11.8. The van der Waals surface area contributed by atoms with Crippen molar-refractivity contribution in [2.24, 2.45) is 10.9 Å². The van der Waals surface area contributed by atoms with E-state index in [1.165, 1.54) is 0 Å². The molecule has 122 valence electrons. The van der Waals surface area contributed by atoms with E-state index in [0.29, 0.717) is 31.7 Å². The quantitative estimate of drug-likeness (QED) is 0.804. The average molecular weight is 319 g/mol. The molecular weight excluding hydrogens is 303 g/mol. The zero-order chi connectivity index (χ0) is 16.0. The van der Waals surface area contributed by atoms with Gasteiger partial charge < -0.3 is 15.0 Å². The molecular formula is C13H16F3N3O3. The second-order valence-electron chi connectivity index (χ2n) is 5.95. The molecule has 22 heavy (non-hydrogen) atoms. The van der Waals surface area contributed by atoms with Gasteiger partial charge >= 0.3 is 12.1 Å². The van der Waals surface area contributed by atoms with Crippen LogP contribution in [0.5, 0.6) is 0 Å². The largest absolute Gasteiger partial charge is 0.471 e. The number of hydrogen-bond donors (Lipinski definition) is 1. The van der Waals surface area contributed by atoms with Crippen molar-refractivity contribution < 1.29 is 27.5 Å². The Labute approximate surface area is 124 Å². The van der Waals surface area contributed by atoms with Crippen LogP contribution in [-0.2, 0) is 14.3 Å². The lowest BCUT2D eigenvalue weighted by molar-refractivity contribution is -0.184. The van der Waals surface area contributed by atoms with Gasteiger partial charge in [-0.1, -0.05) is 0 Å². The van der Waals surface area contributed by atoms with Crippen LogP contribution >= 0.6 is 0 Å². The van der Waals surface area contributed by atoms with Gasteiger partial charge in [-0.2, -0.15) is 13.2 Å². The molecule has 3 rings (SSSR count). The first-order chi connectivity index (χ1) is 10.3. The fraction of sp³-hybridized carbons (Fsp3) is 0.769. The first-order valence-electron chi connectivity index (χ1n) is 7.14. The Kier molecular flexibility index (Phi) is 3.62. The molecule has 0 aromatic carbocycles. The van der Waals surface area contributed by atoms with E-state index in [1.807, 2.05) is 0 Å². The van der Waals surface area contributed by atoms with Gasteiger partial charge in [0.1, 0.15) is 5.84 Å². The summed E-state index contributed by atoms with van der Waals surface area (Å²) in [4.78, 5) is 28.4. The number of likely N-dealkylation sites (tertiary alicyclic amines) is 1. The number of rotatable bonds is 2. The van der Waals surface area contributed by atoms with Crippen molar-refractivity contribution in [2.45, 2.75) is 31.0 Å². The van der Waals surface area contributed by atoms with Crippen LogP contribution in [-0.4, -0.2) is 60.6 Å². The van der Waals surface area contributed by atoms with Gasteiger partial charge in [0.25, 0.3) is 5.91 Å². The maximum absolute atomic E-state index is 12.4. The number of amidine groups is 1.